The fourth-order valence-electron chi connectivity index (χ4n) is 1.23. The number of hydrogen-bond acceptors (Lipinski definition) is 6. The third-order valence-electron chi connectivity index (χ3n) is 1.86. The molecule has 14 heavy (non-hydrogen) atoms. The predicted octanol–water partition coefficient (Wildman–Crippen LogP) is -1.03. The van der Waals surface area contributed by atoms with E-state index in [1.807, 2.05) is 0 Å². The van der Waals surface area contributed by atoms with Crippen LogP contribution in [0.15, 0.2) is 12.3 Å². The summed E-state index contributed by atoms with van der Waals surface area (Å²) in [5.41, 5.74) is 0. The number of amides is 1. The fraction of sp³-hybridized carbons (Fsp3) is 0.429. The summed E-state index contributed by atoms with van der Waals surface area (Å²) in [6.07, 6.45) is 1.53. The zero-order valence-corrected chi connectivity index (χ0v) is 7.68. The molecule has 1 aliphatic rings. The number of piperazine rings is 1. The van der Waals surface area contributed by atoms with E-state index in [1.54, 1.807) is 11.0 Å². The summed E-state index contributed by atoms with van der Waals surface area (Å²) in [5, 5.41) is 13.8. The molecular weight excluding hydrogens is 184 g/mol. The molecule has 1 aliphatic heterocycles. The van der Waals surface area contributed by atoms with E-state index in [9.17, 15) is 4.79 Å². The molecule has 0 unspecified atom stereocenters. The van der Waals surface area contributed by atoms with Gasteiger partial charge >= 0.3 is 0 Å². The Morgan fingerprint density at radius 2 is 2.36 bits per heavy atom. The van der Waals surface area contributed by atoms with E-state index in [0.29, 0.717) is 18.9 Å². The highest BCUT2D eigenvalue weighted by molar-refractivity contribution is 5.94. The molecule has 0 saturated carbocycles. The highest BCUT2D eigenvalue weighted by atomic mass is 16.2. The number of carbonyl (C=O) groups excluding carboxylic acids is 1. The summed E-state index contributed by atoms with van der Waals surface area (Å²) in [4.78, 5) is 13.0. The Balaban J connectivity index is 0.000000980. The lowest BCUT2D eigenvalue weighted by Gasteiger charge is -2.25. The standard InChI is InChI=1S/C7H9N5O.H3N/c13-7-5-8-3-4-12(7)6-1-2-9-11-10-6;/h1-2,8H,3-5H2;1H3. The lowest BCUT2D eigenvalue weighted by Crippen LogP contribution is -2.48. The van der Waals surface area contributed by atoms with Gasteiger partial charge in [0, 0.05) is 19.2 Å². The molecule has 1 saturated heterocycles. The van der Waals surface area contributed by atoms with Gasteiger partial charge in [0.15, 0.2) is 5.82 Å². The van der Waals surface area contributed by atoms with Crippen LogP contribution in [0, 0.1) is 0 Å². The molecule has 1 fully saturated rings. The van der Waals surface area contributed by atoms with E-state index in [0.717, 1.165) is 6.54 Å². The molecule has 2 heterocycles. The minimum Gasteiger partial charge on any atom is -0.344 e. The second kappa shape index (κ2) is 4.58. The lowest BCUT2D eigenvalue weighted by molar-refractivity contribution is -0.118. The van der Waals surface area contributed by atoms with Gasteiger partial charge in [-0.3, -0.25) is 9.69 Å². The molecule has 1 amide bonds. The third kappa shape index (κ3) is 2.01. The molecule has 76 valence electrons. The Kier molecular flexibility index (Phi) is 3.43. The molecule has 0 radical (unpaired) electrons. The third-order valence-corrected chi connectivity index (χ3v) is 1.86. The van der Waals surface area contributed by atoms with Crippen LogP contribution in [-0.4, -0.2) is 41.0 Å². The molecule has 0 spiro atoms. The molecule has 0 aliphatic carbocycles. The summed E-state index contributed by atoms with van der Waals surface area (Å²) in [5.74, 6) is 0.591. The molecule has 0 aromatic carbocycles. The quantitative estimate of drug-likeness (QED) is 0.594. The van der Waals surface area contributed by atoms with E-state index in [1.165, 1.54) is 6.20 Å². The maximum Gasteiger partial charge on any atom is 0.242 e. The lowest BCUT2D eigenvalue weighted by atomic mass is 10.3. The topological polar surface area (TPSA) is 106 Å². The van der Waals surface area contributed by atoms with Gasteiger partial charge in [-0.15, -0.1) is 10.2 Å². The first kappa shape index (κ1) is 10.5. The average Bonchev–Trinajstić information content (AvgIpc) is 2.20. The molecule has 0 atom stereocenters. The molecule has 7 heteroatoms. The van der Waals surface area contributed by atoms with Crippen LogP contribution in [0.3, 0.4) is 0 Å². The van der Waals surface area contributed by atoms with Crippen molar-refractivity contribution in [3.8, 4) is 0 Å². The van der Waals surface area contributed by atoms with Crippen LogP contribution >= 0.6 is 0 Å². The number of rotatable bonds is 1. The Morgan fingerprint density at radius 1 is 1.50 bits per heavy atom. The van der Waals surface area contributed by atoms with Crippen molar-refractivity contribution in [1.82, 2.24) is 26.9 Å². The average molecular weight is 196 g/mol. The van der Waals surface area contributed by atoms with E-state index in [-0.39, 0.29) is 12.1 Å². The first-order valence-corrected chi connectivity index (χ1v) is 4.03. The van der Waals surface area contributed by atoms with Crippen molar-refractivity contribution in [3.05, 3.63) is 12.3 Å². The number of anilines is 1. The van der Waals surface area contributed by atoms with Gasteiger partial charge in [-0.05, 0) is 5.21 Å². The van der Waals surface area contributed by atoms with Crippen LogP contribution in [0.4, 0.5) is 5.82 Å². The first-order chi connectivity index (χ1) is 6.38. The van der Waals surface area contributed by atoms with Crippen LogP contribution in [-0.2, 0) is 4.79 Å². The van der Waals surface area contributed by atoms with Gasteiger partial charge in [0.05, 0.1) is 12.7 Å². The van der Waals surface area contributed by atoms with Crippen molar-refractivity contribution >= 4 is 11.7 Å². The van der Waals surface area contributed by atoms with Gasteiger partial charge < -0.3 is 11.5 Å². The normalized spacial score (nSPS) is 16.3. The Labute approximate surface area is 81.1 Å². The zero-order chi connectivity index (χ0) is 9.10. The Morgan fingerprint density at radius 3 is 3.00 bits per heavy atom. The van der Waals surface area contributed by atoms with Crippen molar-refractivity contribution in [2.24, 2.45) is 0 Å². The maximum atomic E-state index is 11.4. The Hall–Kier alpha value is -1.60. The molecule has 4 N–H and O–H groups in total. The Bertz CT molecular complexity index is 302. The van der Waals surface area contributed by atoms with E-state index in [4.69, 9.17) is 0 Å². The monoisotopic (exact) mass is 196 g/mol. The zero-order valence-electron chi connectivity index (χ0n) is 7.68. The molecule has 1 aromatic rings. The van der Waals surface area contributed by atoms with Gasteiger partial charge in [-0.25, -0.2) is 0 Å². The number of nitrogens with zero attached hydrogens (tertiary/aromatic N) is 4. The minimum atomic E-state index is 0. The van der Waals surface area contributed by atoms with Gasteiger partial charge in [-0.2, -0.15) is 0 Å². The van der Waals surface area contributed by atoms with Crippen molar-refractivity contribution < 1.29 is 4.79 Å². The number of carbonyl (C=O) groups is 1. The van der Waals surface area contributed by atoms with Crippen molar-refractivity contribution in [2.75, 3.05) is 24.5 Å². The van der Waals surface area contributed by atoms with Crippen molar-refractivity contribution in [3.63, 3.8) is 0 Å². The minimum absolute atomic E-state index is 0. The number of aromatic nitrogens is 3. The fourth-order valence-corrected chi connectivity index (χ4v) is 1.23. The molecule has 0 bridgehead atoms. The van der Waals surface area contributed by atoms with Crippen LogP contribution in [0.25, 0.3) is 0 Å². The largest absolute Gasteiger partial charge is 0.344 e. The summed E-state index contributed by atoms with van der Waals surface area (Å²) in [6, 6.07) is 1.68. The van der Waals surface area contributed by atoms with Gasteiger partial charge in [-0.1, -0.05) is 0 Å². The predicted molar refractivity (Wildman–Crippen MR) is 50.1 cm³/mol. The maximum absolute atomic E-state index is 11.4. The van der Waals surface area contributed by atoms with E-state index >= 15 is 0 Å². The van der Waals surface area contributed by atoms with Crippen LogP contribution < -0.4 is 16.4 Å². The smallest absolute Gasteiger partial charge is 0.242 e. The highest BCUT2D eigenvalue weighted by Gasteiger charge is 2.19. The SMILES string of the molecule is N.O=C1CNCCN1c1ccnnn1. The van der Waals surface area contributed by atoms with E-state index < -0.39 is 0 Å². The van der Waals surface area contributed by atoms with Gasteiger partial charge in [0.1, 0.15) is 0 Å². The summed E-state index contributed by atoms with van der Waals surface area (Å²) < 4.78 is 0. The summed E-state index contributed by atoms with van der Waals surface area (Å²) >= 11 is 0. The van der Waals surface area contributed by atoms with E-state index in [2.05, 4.69) is 20.7 Å². The van der Waals surface area contributed by atoms with Crippen molar-refractivity contribution in [1.29, 1.82) is 0 Å². The van der Waals surface area contributed by atoms with Gasteiger partial charge in [0.2, 0.25) is 5.91 Å². The van der Waals surface area contributed by atoms with Crippen molar-refractivity contribution in [2.45, 2.75) is 0 Å². The van der Waals surface area contributed by atoms with Crippen LogP contribution in [0.2, 0.25) is 0 Å². The van der Waals surface area contributed by atoms with Gasteiger partial charge in [0.25, 0.3) is 0 Å². The summed E-state index contributed by atoms with van der Waals surface area (Å²) in [7, 11) is 0. The van der Waals surface area contributed by atoms with Crippen LogP contribution in [0.5, 0.6) is 0 Å². The first-order valence-electron chi connectivity index (χ1n) is 4.03. The number of hydrogen-bond donors (Lipinski definition) is 2. The molecule has 2 rings (SSSR count). The second-order valence-corrected chi connectivity index (χ2v) is 2.70. The number of nitrogens with one attached hydrogen (secondary N) is 1. The highest BCUT2D eigenvalue weighted by Crippen LogP contribution is 2.08. The van der Waals surface area contributed by atoms with Crippen LogP contribution in [0.1, 0.15) is 0 Å². The molecule has 1 aromatic heterocycles. The molecule has 7 nitrogen and oxygen atoms in total. The second-order valence-electron chi connectivity index (χ2n) is 2.70. The summed E-state index contributed by atoms with van der Waals surface area (Å²) in [6.45, 7) is 1.79. The molecular formula is C7H12N6O.